The average molecular weight is 391 g/mol. The van der Waals surface area contributed by atoms with Crippen LogP contribution in [-0.2, 0) is 4.79 Å². The summed E-state index contributed by atoms with van der Waals surface area (Å²) in [6.07, 6.45) is 0. The second kappa shape index (κ2) is 7.22. The van der Waals surface area contributed by atoms with Gasteiger partial charge in [0.15, 0.2) is 12.4 Å². The number of ether oxygens (including phenoxy) is 1. The second-order valence-electron chi connectivity index (χ2n) is 4.81. The number of rotatable bonds is 5. The Labute approximate surface area is 145 Å². The van der Waals surface area contributed by atoms with E-state index in [9.17, 15) is 9.18 Å². The summed E-state index contributed by atoms with van der Waals surface area (Å²) < 4.78 is 19.2. The van der Waals surface area contributed by atoms with Gasteiger partial charge in [0, 0.05) is 10.0 Å². The van der Waals surface area contributed by atoms with Crippen LogP contribution in [0.15, 0.2) is 53.0 Å². The maximum atomic E-state index is 12.9. The molecule has 0 fully saturated rings. The Kier molecular flexibility index (Phi) is 4.85. The Bertz CT molecular complexity index is 834. The first kappa shape index (κ1) is 16.1. The van der Waals surface area contributed by atoms with Crippen molar-refractivity contribution in [2.24, 2.45) is 0 Å². The van der Waals surface area contributed by atoms with E-state index in [1.807, 2.05) is 12.1 Å². The van der Waals surface area contributed by atoms with E-state index >= 15 is 0 Å². The standard InChI is InChI=1S/C16H12BrFN4O2/c17-11-3-7-13(8-4-11)24-9-14(23)19-16-20-15(21-22-16)10-1-5-12(18)6-2-10/h1-8H,9H2,(H2,19,20,21,22,23). The summed E-state index contributed by atoms with van der Waals surface area (Å²) in [5.41, 5.74) is 0.663. The molecule has 122 valence electrons. The number of amides is 1. The summed E-state index contributed by atoms with van der Waals surface area (Å²) in [6.45, 7) is -0.165. The second-order valence-corrected chi connectivity index (χ2v) is 5.72. The van der Waals surface area contributed by atoms with Gasteiger partial charge < -0.3 is 4.74 Å². The quantitative estimate of drug-likeness (QED) is 0.699. The largest absolute Gasteiger partial charge is 0.484 e. The van der Waals surface area contributed by atoms with Gasteiger partial charge in [-0.05, 0) is 48.5 Å². The molecule has 0 aliphatic rings. The summed E-state index contributed by atoms with van der Waals surface area (Å²) in [4.78, 5) is 16.0. The van der Waals surface area contributed by atoms with Gasteiger partial charge in [0.1, 0.15) is 11.6 Å². The van der Waals surface area contributed by atoms with Gasteiger partial charge in [0.2, 0.25) is 5.95 Å². The third kappa shape index (κ3) is 4.17. The Hall–Kier alpha value is -2.74. The molecule has 2 N–H and O–H groups in total. The number of benzene rings is 2. The van der Waals surface area contributed by atoms with Crippen LogP contribution >= 0.6 is 15.9 Å². The third-order valence-electron chi connectivity index (χ3n) is 3.04. The maximum absolute atomic E-state index is 12.9. The summed E-state index contributed by atoms with van der Waals surface area (Å²) in [6, 6.07) is 12.9. The molecule has 0 bridgehead atoms. The molecule has 6 nitrogen and oxygen atoms in total. The molecular weight excluding hydrogens is 379 g/mol. The molecule has 8 heteroatoms. The van der Waals surface area contributed by atoms with E-state index in [0.29, 0.717) is 17.1 Å². The molecule has 0 saturated carbocycles. The van der Waals surface area contributed by atoms with E-state index in [4.69, 9.17) is 4.74 Å². The van der Waals surface area contributed by atoms with Crippen molar-refractivity contribution in [3.63, 3.8) is 0 Å². The first-order valence-corrected chi connectivity index (χ1v) is 7.76. The molecule has 0 saturated heterocycles. The van der Waals surface area contributed by atoms with Crippen LogP contribution in [0.2, 0.25) is 0 Å². The van der Waals surface area contributed by atoms with Crippen molar-refractivity contribution in [1.29, 1.82) is 0 Å². The molecule has 2 aromatic carbocycles. The van der Waals surface area contributed by atoms with Crippen molar-refractivity contribution in [2.75, 3.05) is 11.9 Å². The number of halogens is 2. The lowest BCUT2D eigenvalue weighted by Crippen LogP contribution is -2.20. The number of hydrogen-bond acceptors (Lipinski definition) is 4. The fourth-order valence-corrected chi connectivity index (χ4v) is 2.16. The summed E-state index contributed by atoms with van der Waals surface area (Å²) in [5, 5.41) is 9.10. The summed E-state index contributed by atoms with van der Waals surface area (Å²) >= 11 is 3.32. The number of nitrogens with one attached hydrogen (secondary N) is 2. The molecule has 24 heavy (non-hydrogen) atoms. The number of nitrogens with zero attached hydrogens (tertiary/aromatic N) is 2. The van der Waals surface area contributed by atoms with E-state index in [0.717, 1.165) is 4.47 Å². The molecule has 0 radical (unpaired) electrons. The number of H-pyrrole nitrogens is 1. The van der Waals surface area contributed by atoms with Crippen LogP contribution in [0, 0.1) is 5.82 Å². The third-order valence-corrected chi connectivity index (χ3v) is 3.57. The van der Waals surface area contributed by atoms with Gasteiger partial charge in [0.05, 0.1) is 0 Å². The van der Waals surface area contributed by atoms with Crippen molar-refractivity contribution in [3.05, 3.63) is 58.8 Å². The molecular formula is C16H12BrFN4O2. The molecule has 3 rings (SSSR count). The van der Waals surface area contributed by atoms with E-state index in [-0.39, 0.29) is 24.3 Å². The summed E-state index contributed by atoms with van der Waals surface area (Å²) in [5.74, 6) is 0.410. The van der Waals surface area contributed by atoms with Crippen LogP contribution < -0.4 is 10.1 Å². The van der Waals surface area contributed by atoms with Gasteiger partial charge in [-0.2, -0.15) is 4.98 Å². The number of anilines is 1. The Balaban J connectivity index is 1.57. The molecule has 0 aliphatic carbocycles. The molecule has 0 spiro atoms. The van der Waals surface area contributed by atoms with E-state index in [2.05, 4.69) is 36.4 Å². The zero-order valence-electron chi connectivity index (χ0n) is 12.3. The fourth-order valence-electron chi connectivity index (χ4n) is 1.90. The van der Waals surface area contributed by atoms with Gasteiger partial charge in [-0.3, -0.25) is 15.2 Å². The molecule has 1 aromatic heterocycles. The molecule has 0 unspecified atom stereocenters. The molecule has 0 aliphatic heterocycles. The predicted molar refractivity (Wildman–Crippen MR) is 90.0 cm³/mol. The number of hydrogen-bond donors (Lipinski definition) is 2. The number of aromatic amines is 1. The van der Waals surface area contributed by atoms with Gasteiger partial charge in [-0.15, -0.1) is 5.10 Å². The lowest BCUT2D eigenvalue weighted by molar-refractivity contribution is -0.118. The first-order chi connectivity index (χ1) is 11.6. The van der Waals surface area contributed by atoms with Gasteiger partial charge in [-0.1, -0.05) is 15.9 Å². The Morgan fingerprint density at radius 3 is 2.58 bits per heavy atom. The SMILES string of the molecule is O=C(COc1ccc(Br)cc1)Nc1n[nH]c(-c2ccc(F)cc2)n1. The normalized spacial score (nSPS) is 10.4. The maximum Gasteiger partial charge on any atom is 0.264 e. The van der Waals surface area contributed by atoms with Crippen molar-refractivity contribution in [3.8, 4) is 17.1 Å². The molecule has 1 heterocycles. The minimum atomic E-state index is -0.387. The van der Waals surface area contributed by atoms with Crippen LogP contribution in [0.1, 0.15) is 0 Å². The summed E-state index contributed by atoms with van der Waals surface area (Å²) in [7, 11) is 0. The number of aromatic nitrogens is 3. The van der Waals surface area contributed by atoms with Crippen LogP contribution in [-0.4, -0.2) is 27.7 Å². The highest BCUT2D eigenvalue weighted by molar-refractivity contribution is 9.10. The van der Waals surface area contributed by atoms with Crippen LogP contribution in [0.5, 0.6) is 5.75 Å². The van der Waals surface area contributed by atoms with Crippen molar-refractivity contribution in [2.45, 2.75) is 0 Å². The van der Waals surface area contributed by atoms with E-state index in [1.165, 1.54) is 12.1 Å². The smallest absolute Gasteiger partial charge is 0.264 e. The lowest BCUT2D eigenvalue weighted by Gasteiger charge is -2.05. The monoisotopic (exact) mass is 390 g/mol. The van der Waals surface area contributed by atoms with E-state index < -0.39 is 0 Å². The van der Waals surface area contributed by atoms with Gasteiger partial charge >= 0.3 is 0 Å². The zero-order chi connectivity index (χ0) is 16.9. The molecule has 1 amide bonds. The average Bonchev–Trinajstić information content (AvgIpc) is 3.03. The van der Waals surface area contributed by atoms with Gasteiger partial charge in [0.25, 0.3) is 5.91 Å². The number of carbonyl (C=O) groups is 1. The zero-order valence-corrected chi connectivity index (χ0v) is 13.9. The Morgan fingerprint density at radius 2 is 1.88 bits per heavy atom. The topological polar surface area (TPSA) is 79.9 Å². The van der Waals surface area contributed by atoms with Crippen LogP contribution in [0.3, 0.4) is 0 Å². The van der Waals surface area contributed by atoms with Crippen LogP contribution in [0.25, 0.3) is 11.4 Å². The van der Waals surface area contributed by atoms with Crippen molar-refractivity contribution >= 4 is 27.8 Å². The first-order valence-electron chi connectivity index (χ1n) is 6.97. The highest BCUT2D eigenvalue weighted by atomic mass is 79.9. The molecule has 0 atom stereocenters. The molecule has 3 aromatic rings. The lowest BCUT2D eigenvalue weighted by atomic mass is 10.2. The van der Waals surface area contributed by atoms with E-state index in [1.54, 1.807) is 24.3 Å². The van der Waals surface area contributed by atoms with Crippen molar-refractivity contribution < 1.29 is 13.9 Å². The van der Waals surface area contributed by atoms with Crippen LogP contribution in [0.4, 0.5) is 10.3 Å². The van der Waals surface area contributed by atoms with Crippen molar-refractivity contribution in [1.82, 2.24) is 15.2 Å². The van der Waals surface area contributed by atoms with Gasteiger partial charge in [-0.25, -0.2) is 4.39 Å². The highest BCUT2D eigenvalue weighted by Gasteiger charge is 2.10. The number of carbonyl (C=O) groups excluding carboxylic acids is 1. The minimum absolute atomic E-state index is 0.124. The highest BCUT2D eigenvalue weighted by Crippen LogP contribution is 2.17. The minimum Gasteiger partial charge on any atom is -0.484 e. The Morgan fingerprint density at radius 1 is 1.17 bits per heavy atom. The fraction of sp³-hybridized carbons (Fsp3) is 0.0625. The predicted octanol–water partition coefficient (Wildman–Crippen LogP) is 3.39.